The van der Waals surface area contributed by atoms with Gasteiger partial charge in [-0.1, -0.05) is 0 Å². The van der Waals surface area contributed by atoms with Crippen LogP contribution in [0.15, 0.2) is 61.2 Å². The Morgan fingerprint density at radius 1 is 0.553 bits per heavy atom. The highest BCUT2D eigenvalue weighted by Gasteiger charge is 2.28. The van der Waals surface area contributed by atoms with Crippen molar-refractivity contribution in [3.63, 3.8) is 0 Å². The minimum absolute atomic E-state index is 0.0371. The van der Waals surface area contributed by atoms with Crippen LogP contribution in [0.1, 0.15) is 46.2 Å². The number of rotatable bonds is 2. The smallest absolute Gasteiger partial charge is 0.131 e. The van der Waals surface area contributed by atoms with Crippen molar-refractivity contribution in [1.29, 1.82) is 0 Å². The van der Waals surface area contributed by atoms with Crippen LogP contribution in [0.2, 0.25) is 0 Å². The van der Waals surface area contributed by atoms with Gasteiger partial charge in [0.15, 0.2) is 0 Å². The van der Waals surface area contributed by atoms with Gasteiger partial charge in [-0.05, 0) is 60.7 Å². The van der Waals surface area contributed by atoms with Crippen LogP contribution in [0, 0.1) is 0 Å². The first-order chi connectivity index (χ1) is 18.4. The Balaban J connectivity index is 1.53. The Hall–Kier alpha value is -4.72. The number of hydrogen-bond acceptors (Lipinski definition) is 6. The van der Waals surface area contributed by atoms with Gasteiger partial charge in [0.1, 0.15) is 12.3 Å². The molecule has 8 nitrogen and oxygen atoms in total. The number of hydrogen-bond donors (Lipinski definition) is 2. The predicted octanol–water partition coefficient (Wildman–Crippen LogP) is 5.35. The quantitative estimate of drug-likeness (QED) is 0.339. The molecule has 38 heavy (non-hydrogen) atoms. The summed E-state index contributed by atoms with van der Waals surface area (Å²) < 4.78 is 0. The van der Waals surface area contributed by atoms with Crippen molar-refractivity contribution in [3.8, 4) is 0 Å². The van der Waals surface area contributed by atoms with Crippen molar-refractivity contribution >= 4 is 46.4 Å². The van der Waals surface area contributed by atoms with E-state index in [2.05, 4.69) is 143 Å². The molecule has 0 unspecified atom stereocenters. The Bertz CT molecular complexity index is 1570. The second-order valence-electron chi connectivity index (χ2n) is 10.3. The third-order valence-corrected chi connectivity index (χ3v) is 7.61. The molecule has 7 rings (SSSR count). The standard InChI is InChI=1S/C30H30N8/c1-35-13-14-36(2)29(35)27-23-9-5-19(31-23)17-21-7-11-25(33-21)28(30-37(3)15-16-38(30)4)26-12-8-22(34-26)18-20-6-10-24(27)32-20/h5-18,29-31,34H,1-4H3. The summed E-state index contributed by atoms with van der Waals surface area (Å²) in [6.45, 7) is 0. The molecule has 0 radical (unpaired) electrons. The highest BCUT2D eigenvalue weighted by Crippen LogP contribution is 2.36. The lowest BCUT2D eigenvalue weighted by molar-refractivity contribution is 0.210. The van der Waals surface area contributed by atoms with Gasteiger partial charge >= 0.3 is 0 Å². The van der Waals surface area contributed by atoms with Crippen LogP contribution in [0.25, 0.3) is 46.4 Å². The molecule has 8 heteroatoms. The van der Waals surface area contributed by atoms with Gasteiger partial charge in [0.05, 0.1) is 22.8 Å². The third kappa shape index (κ3) is 3.60. The van der Waals surface area contributed by atoms with Crippen molar-refractivity contribution in [2.45, 2.75) is 12.3 Å². The fraction of sp³-hybridized carbons (Fsp3) is 0.200. The van der Waals surface area contributed by atoms with E-state index in [0.717, 1.165) is 56.0 Å². The van der Waals surface area contributed by atoms with Crippen molar-refractivity contribution in [3.05, 3.63) is 95.1 Å². The normalized spacial score (nSPS) is 17.2. The first-order valence-corrected chi connectivity index (χ1v) is 12.8. The number of aromatic amines is 2. The van der Waals surface area contributed by atoms with Crippen LogP contribution in [-0.4, -0.2) is 67.7 Å². The van der Waals surface area contributed by atoms with E-state index in [0.29, 0.717) is 0 Å². The van der Waals surface area contributed by atoms with Crippen LogP contribution in [0.5, 0.6) is 0 Å². The van der Waals surface area contributed by atoms with E-state index in [9.17, 15) is 0 Å². The second kappa shape index (κ2) is 8.41. The lowest BCUT2D eigenvalue weighted by Gasteiger charge is -2.28. The van der Waals surface area contributed by atoms with Crippen LogP contribution < -0.4 is 0 Å². The van der Waals surface area contributed by atoms with E-state index < -0.39 is 0 Å². The summed E-state index contributed by atoms with van der Waals surface area (Å²) in [7, 11) is 8.39. The SMILES string of the molecule is CN1C=CN(C)C1c1c2nc(cc3ccc([nH]3)c(C3N(C)C=CN3C)c3nc(cc4ccc1[nH]4)C=C3)C=C2. The van der Waals surface area contributed by atoms with E-state index in [1.165, 1.54) is 0 Å². The average Bonchev–Trinajstić information content (AvgIpc) is 3.73. The van der Waals surface area contributed by atoms with Crippen LogP contribution in [0.3, 0.4) is 0 Å². The second-order valence-corrected chi connectivity index (χ2v) is 10.3. The zero-order valence-corrected chi connectivity index (χ0v) is 21.9. The molecular formula is C30H30N8. The van der Waals surface area contributed by atoms with Crippen LogP contribution in [0.4, 0.5) is 0 Å². The first-order valence-electron chi connectivity index (χ1n) is 12.8. The van der Waals surface area contributed by atoms with Gasteiger partial charge in [-0.15, -0.1) is 0 Å². The summed E-state index contributed by atoms with van der Waals surface area (Å²) >= 11 is 0. The molecule has 0 spiro atoms. The number of aromatic nitrogens is 4. The molecule has 2 N–H and O–H groups in total. The van der Waals surface area contributed by atoms with Gasteiger partial charge in [-0.3, -0.25) is 0 Å². The average molecular weight is 503 g/mol. The molecule has 3 aromatic rings. The number of nitrogens with one attached hydrogen (secondary N) is 2. The fourth-order valence-corrected chi connectivity index (χ4v) is 5.80. The van der Waals surface area contributed by atoms with Gasteiger partial charge in [-0.25, -0.2) is 9.97 Å². The Kier molecular flexibility index (Phi) is 4.97. The van der Waals surface area contributed by atoms with E-state index in [4.69, 9.17) is 9.97 Å². The molecule has 4 aliphatic rings. The number of nitrogens with zero attached hydrogens (tertiary/aromatic N) is 6. The Morgan fingerprint density at radius 3 is 1.34 bits per heavy atom. The minimum atomic E-state index is 0.0371. The molecule has 8 bridgehead atoms. The fourth-order valence-electron chi connectivity index (χ4n) is 5.80. The molecule has 0 saturated carbocycles. The molecule has 0 fully saturated rings. The van der Waals surface area contributed by atoms with Gasteiger partial charge in [-0.2, -0.15) is 0 Å². The van der Waals surface area contributed by atoms with E-state index in [-0.39, 0.29) is 12.3 Å². The summed E-state index contributed by atoms with van der Waals surface area (Å²) in [6, 6.07) is 12.7. The summed E-state index contributed by atoms with van der Waals surface area (Å²) in [5, 5.41) is 0. The number of H-pyrrole nitrogens is 2. The molecule has 0 aromatic carbocycles. The maximum Gasteiger partial charge on any atom is 0.131 e. The van der Waals surface area contributed by atoms with Gasteiger partial charge < -0.3 is 29.6 Å². The molecule has 190 valence electrons. The van der Waals surface area contributed by atoms with Crippen molar-refractivity contribution < 1.29 is 0 Å². The lowest BCUT2D eigenvalue weighted by Crippen LogP contribution is -2.26. The monoisotopic (exact) mass is 502 g/mol. The first kappa shape index (κ1) is 22.5. The summed E-state index contributed by atoms with van der Waals surface area (Å²) in [6.07, 6.45) is 16.9. The topological polar surface area (TPSA) is 70.3 Å². The molecule has 0 atom stereocenters. The van der Waals surface area contributed by atoms with Crippen molar-refractivity contribution in [1.82, 2.24) is 39.5 Å². The summed E-state index contributed by atoms with van der Waals surface area (Å²) in [4.78, 5) is 26.2. The maximum atomic E-state index is 5.06. The van der Waals surface area contributed by atoms with Crippen LogP contribution >= 0.6 is 0 Å². The number of fused-ring (bicyclic) bond motifs is 8. The van der Waals surface area contributed by atoms with Crippen molar-refractivity contribution in [2.75, 3.05) is 28.2 Å². The lowest BCUT2D eigenvalue weighted by atomic mass is 10.1. The van der Waals surface area contributed by atoms with Crippen LogP contribution in [-0.2, 0) is 0 Å². The highest BCUT2D eigenvalue weighted by molar-refractivity contribution is 5.81. The molecule has 4 aliphatic heterocycles. The summed E-state index contributed by atoms with van der Waals surface area (Å²) in [5.41, 5.74) is 10.1. The molecule has 0 saturated heterocycles. The largest absolute Gasteiger partial charge is 0.355 e. The molecule has 7 heterocycles. The van der Waals surface area contributed by atoms with Gasteiger partial charge in [0, 0.05) is 86.2 Å². The van der Waals surface area contributed by atoms with E-state index in [1.807, 2.05) is 0 Å². The predicted molar refractivity (Wildman–Crippen MR) is 154 cm³/mol. The molecule has 3 aromatic heterocycles. The van der Waals surface area contributed by atoms with Gasteiger partial charge in [0.2, 0.25) is 0 Å². The Labute approximate surface area is 221 Å². The molecule has 0 amide bonds. The van der Waals surface area contributed by atoms with Crippen molar-refractivity contribution in [2.24, 2.45) is 0 Å². The van der Waals surface area contributed by atoms with Gasteiger partial charge in [0.25, 0.3) is 0 Å². The summed E-state index contributed by atoms with van der Waals surface area (Å²) in [5.74, 6) is 0. The van der Waals surface area contributed by atoms with E-state index >= 15 is 0 Å². The molecule has 0 aliphatic carbocycles. The molecular weight excluding hydrogens is 472 g/mol. The zero-order chi connectivity index (χ0) is 26.0. The third-order valence-electron chi connectivity index (χ3n) is 7.61. The van der Waals surface area contributed by atoms with E-state index in [1.54, 1.807) is 0 Å². The minimum Gasteiger partial charge on any atom is -0.355 e. The zero-order valence-electron chi connectivity index (χ0n) is 21.9. The highest BCUT2D eigenvalue weighted by atomic mass is 15.4. The Morgan fingerprint density at radius 2 is 0.947 bits per heavy atom. The maximum absolute atomic E-state index is 5.06.